The number of carbonyl (C=O) groups excluding carboxylic acids is 1. The summed E-state index contributed by atoms with van der Waals surface area (Å²) in [6.45, 7) is 5.47. The van der Waals surface area contributed by atoms with Crippen LogP contribution in [0.5, 0.6) is 0 Å². The molecule has 1 amide bonds. The Kier molecular flexibility index (Phi) is 3.77. The summed E-state index contributed by atoms with van der Waals surface area (Å²) in [6.07, 6.45) is 4.55. The highest BCUT2D eigenvalue weighted by molar-refractivity contribution is 5.92. The summed E-state index contributed by atoms with van der Waals surface area (Å²) in [7, 11) is 0. The van der Waals surface area contributed by atoms with Crippen molar-refractivity contribution in [3.63, 3.8) is 0 Å². The van der Waals surface area contributed by atoms with Gasteiger partial charge in [-0.25, -0.2) is 4.98 Å². The second-order valence-electron chi connectivity index (χ2n) is 5.62. The van der Waals surface area contributed by atoms with Crippen molar-refractivity contribution < 1.29 is 9.32 Å². The van der Waals surface area contributed by atoms with Crippen LogP contribution < -0.4 is 0 Å². The fourth-order valence-electron chi connectivity index (χ4n) is 2.75. The SMILES string of the molecule is CCCc1cc(C(=O)N2CC[C@@H](c3ncc(C)[nH]3)C2)no1. The van der Waals surface area contributed by atoms with Gasteiger partial charge in [-0.15, -0.1) is 0 Å². The molecular weight excluding hydrogens is 268 g/mol. The standard InChI is InChI=1S/C15H20N4O2/c1-3-4-12-7-13(18-21-12)15(20)19-6-5-11(9-19)14-16-8-10(2)17-14/h7-8,11H,3-6,9H2,1-2H3,(H,16,17)/t11-/m1/s1. The first-order valence-corrected chi connectivity index (χ1v) is 7.43. The van der Waals surface area contributed by atoms with Crippen LogP contribution in [-0.2, 0) is 6.42 Å². The van der Waals surface area contributed by atoms with Gasteiger partial charge in [-0.05, 0) is 19.8 Å². The monoisotopic (exact) mass is 288 g/mol. The number of aromatic amines is 1. The highest BCUT2D eigenvalue weighted by atomic mass is 16.5. The number of nitrogens with one attached hydrogen (secondary N) is 1. The van der Waals surface area contributed by atoms with Crippen molar-refractivity contribution in [3.8, 4) is 0 Å². The normalized spacial score (nSPS) is 18.4. The average Bonchev–Trinajstić information content (AvgIpc) is 3.17. The molecule has 6 heteroatoms. The number of hydrogen-bond donors (Lipinski definition) is 1. The molecule has 112 valence electrons. The number of aromatic nitrogens is 3. The van der Waals surface area contributed by atoms with Gasteiger partial charge in [0.2, 0.25) is 0 Å². The first-order valence-electron chi connectivity index (χ1n) is 7.43. The molecule has 0 aromatic carbocycles. The number of carbonyl (C=O) groups is 1. The van der Waals surface area contributed by atoms with E-state index in [0.29, 0.717) is 12.2 Å². The average molecular weight is 288 g/mol. The van der Waals surface area contributed by atoms with Gasteiger partial charge in [0, 0.05) is 43.4 Å². The van der Waals surface area contributed by atoms with E-state index in [0.717, 1.165) is 43.1 Å². The van der Waals surface area contributed by atoms with Crippen LogP contribution in [0.1, 0.15) is 53.5 Å². The predicted molar refractivity (Wildman–Crippen MR) is 77.1 cm³/mol. The van der Waals surface area contributed by atoms with Gasteiger partial charge in [0.1, 0.15) is 11.6 Å². The molecular formula is C15H20N4O2. The van der Waals surface area contributed by atoms with Gasteiger partial charge in [0.25, 0.3) is 5.91 Å². The molecule has 0 aliphatic carbocycles. The minimum atomic E-state index is -0.0492. The quantitative estimate of drug-likeness (QED) is 0.936. The van der Waals surface area contributed by atoms with Crippen molar-refractivity contribution >= 4 is 5.91 Å². The van der Waals surface area contributed by atoms with E-state index in [1.165, 1.54) is 0 Å². The lowest BCUT2D eigenvalue weighted by molar-refractivity contribution is 0.0780. The number of imidazole rings is 1. The zero-order valence-electron chi connectivity index (χ0n) is 12.4. The van der Waals surface area contributed by atoms with Crippen LogP contribution in [0.3, 0.4) is 0 Å². The predicted octanol–water partition coefficient (Wildman–Crippen LogP) is 2.29. The van der Waals surface area contributed by atoms with Gasteiger partial charge in [-0.2, -0.15) is 0 Å². The van der Waals surface area contributed by atoms with Crippen LogP contribution in [0.15, 0.2) is 16.8 Å². The fourth-order valence-corrected chi connectivity index (χ4v) is 2.75. The van der Waals surface area contributed by atoms with E-state index in [4.69, 9.17) is 4.52 Å². The molecule has 3 rings (SSSR count). The molecule has 1 aliphatic rings. The lowest BCUT2D eigenvalue weighted by Crippen LogP contribution is -2.28. The molecule has 0 bridgehead atoms. The van der Waals surface area contributed by atoms with E-state index >= 15 is 0 Å². The van der Waals surface area contributed by atoms with Crippen LogP contribution in [0.25, 0.3) is 0 Å². The Bertz CT molecular complexity index is 631. The van der Waals surface area contributed by atoms with E-state index in [-0.39, 0.29) is 11.8 Å². The summed E-state index contributed by atoms with van der Waals surface area (Å²) in [5, 5.41) is 3.89. The summed E-state index contributed by atoms with van der Waals surface area (Å²) in [4.78, 5) is 21.9. The van der Waals surface area contributed by atoms with Gasteiger partial charge in [-0.1, -0.05) is 12.1 Å². The van der Waals surface area contributed by atoms with Gasteiger partial charge in [-0.3, -0.25) is 4.79 Å². The summed E-state index contributed by atoms with van der Waals surface area (Å²) < 4.78 is 5.18. The van der Waals surface area contributed by atoms with Crippen molar-refractivity contribution in [1.29, 1.82) is 0 Å². The zero-order valence-corrected chi connectivity index (χ0v) is 12.4. The smallest absolute Gasteiger partial charge is 0.276 e. The molecule has 0 spiro atoms. The number of aryl methyl sites for hydroxylation is 2. The molecule has 1 atom stereocenters. The van der Waals surface area contributed by atoms with Gasteiger partial charge in [0.05, 0.1) is 0 Å². The first-order chi connectivity index (χ1) is 10.2. The summed E-state index contributed by atoms with van der Waals surface area (Å²) in [5.74, 6) is 1.98. The van der Waals surface area contributed by atoms with Crippen LogP contribution >= 0.6 is 0 Å². The first kappa shape index (κ1) is 13.9. The molecule has 0 radical (unpaired) electrons. The number of H-pyrrole nitrogens is 1. The molecule has 6 nitrogen and oxygen atoms in total. The van der Waals surface area contributed by atoms with Gasteiger partial charge in [0.15, 0.2) is 5.69 Å². The Balaban J connectivity index is 1.66. The number of rotatable bonds is 4. The fraction of sp³-hybridized carbons (Fsp3) is 0.533. The van der Waals surface area contributed by atoms with Crippen LogP contribution in [0.4, 0.5) is 0 Å². The molecule has 0 unspecified atom stereocenters. The zero-order chi connectivity index (χ0) is 14.8. The molecule has 21 heavy (non-hydrogen) atoms. The van der Waals surface area contributed by atoms with Crippen molar-refractivity contribution in [2.24, 2.45) is 0 Å². The minimum Gasteiger partial charge on any atom is -0.361 e. The third-order valence-electron chi connectivity index (χ3n) is 3.86. The number of nitrogens with zero attached hydrogens (tertiary/aromatic N) is 3. The Morgan fingerprint density at radius 1 is 1.57 bits per heavy atom. The maximum absolute atomic E-state index is 12.4. The molecule has 2 aromatic rings. The highest BCUT2D eigenvalue weighted by Crippen LogP contribution is 2.26. The molecule has 1 N–H and O–H groups in total. The van der Waals surface area contributed by atoms with E-state index in [2.05, 4.69) is 22.0 Å². The number of likely N-dealkylation sites (tertiary alicyclic amines) is 1. The van der Waals surface area contributed by atoms with E-state index in [1.807, 2.05) is 18.0 Å². The van der Waals surface area contributed by atoms with E-state index < -0.39 is 0 Å². The lowest BCUT2D eigenvalue weighted by Gasteiger charge is -2.13. The Hall–Kier alpha value is -2.11. The molecule has 1 fully saturated rings. The molecule has 2 aromatic heterocycles. The number of amides is 1. The second-order valence-corrected chi connectivity index (χ2v) is 5.62. The highest BCUT2D eigenvalue weighted by Gasteiger charge is 2.30. The molecule has 0 saturated carbocycles. The maximum Gasteiger partial charge on any atom is 0.276 e. The Labute approximate surface area is 123 Å². The van der Waals surface area contributed by atoms with Gasteiger partial charge >= 0.3 is 0 Å². The van der Waals surface area contributed by atoms with Crippen molar-refractivity contribution in [3.05, 3.63) is 35.2 Å². The van der Waals surface area contributed by atoms with Crippen LogP contribution in [-0.4, -0.2) is 39.0 Å². The summed E-state index contributed by atoms with van der Waals surface area (Å²) in [5.41, 5.74) is 1.46. The maximum atomic E-state index is 12.4. The Morgan fingerprint density at radius 3 is 3.14 bits per heavy atom. The van der Waals surface area contributed by atoms with Crippen LogP contribution in [0.2, 0.25) is 0 Å². The minimum absolute atomic E-state index is 0.0492. The topological polar surface area (TPSA) is 75.0 Å². The molecule has 1 saturated heterocycles. The van der Waals surface area contributed by atoms with Gasteiger partial charge < -0.3 is 14.4 Å². The second kappa shape index (κ2) is 5.71. The Morgan fingerprint density at radius 2 is 2.43 bits per heavy atom. The summed E-state index contributed by atoms with van der Waals surface area (Å²) in [6, 6.07) is 1.76. The van der Waals surface area contributed by atoms with Crippen LogP contribution in [0, 0.1) is 6.92 Å². The van der Waals surface area contributed by atoms with Crippen molar-refractivity contribution in [1.82, 2.24) is 20.0 Å². The molecule has 1 aliphatic heterocycles. The lowest BCUT2D eigenvalue weighted by atomic mass is 10.1. The van der Waals surface area contributed by atoms with Crippen molar-refractivity contribution in [2.75, 3.05) is 13.1 Å². The third-order valence-corrected chi connectivity index (χ3v) is 3.86. The van der Waals surface area contributed by atoms with Crippen molar-refractivity contribution in [2.45, 2.75) is 39.0 Å². The largest absolute Gasteiger partial charge is 0.361 e. The number of hydrogen-bond acceptors (Lipinski definition) is 4. The molecule has 3 heterocycles. The van der Waals surface area contributed by atoms with E-state index in [9.17, 15) is 4.79 Å². The summed E-state index contributed by atoms with van der Waals surface area (Å²) >= 11 is 0. The van der Waals surface area contributed by atoms with E-state index in [1.54, 1.807) is 6.07 Å². The third kappa shape index (κ3) is 2.84.